The van der Waals surface area contributed by atoms with Gasteiger partial charge in [0.05, 0.1) is 0 Å². The standard InChI is InChI=1S/C13H17F2NO/c1-12(2,13(3,4)16)11(17)8-5-9(14)7-10(15)6-8/h5-7H,16H2,1-4H3. The quantitative estimate of drug-likeness (QED) is 0.827. The van der Waals surface area contributed by atoms with Gasteiger partial charge in [0.2, 0.25) is 0 Å². The van der Waals surface area contributed by atoms with E-state index < -0.39 is 22.6 Å². The van der Waals surface area contributed by atoms with Crippen molar-refractivity contribution in [2.45, 2.75) is 33.2 Å². The highest BCUT2D eigenvalue weighted by atomic mass is 19.1. The third-order valence-corrected chi connectivity index (χ3v) is 3.30. The van der Waals surface area contributed by atoms with Crippen molar-refractivity contribution >= 4 is 5.78 Å². The average Bonchev–Trinajstić information content (AvgIpc) is 2.13. The van der Waals surface area contributed by atoms with E-state index in [1.54, 1.807) is 27.7 Å². The Morgan fingerprint density at radius 1 is 1.06 bits per heavy atom. The monoisotopic (exact) mass is 241 g/mol. The van der Waals surface area contributed by atoms with Gasteiger partial charge in [0.15, 0.2) is 5.78 Å². The van der Waals surface area contributed by atoms with Gasteiger partial charge < -0.3 is 5.73 Å². The highest BCUT2D eigenvalue weighted by molar-refractivity contribution is 6.00. The van der Waals surface area contributed by atoms with Crippen LogP contribution in [0.2, 0.25) is 0 Å². The first-order valence-corrected chi connectivity index (χ1v) is 5.35. The number of nitrogens with two attached hydrogens (primary N) is 1. The molecule has 0 bridgehead atoms. The summed E-state index contributed by atoms with van der Waals surface area (Å²) >= 11 is 0. The van der Waals surface area contributed by atoms with Crippen molar-refractivity contribution in [2.75, 3.05) is 0 Å². The smallest absolute Gasteiger partial charge is 0.170 e. The second kappa shape index (κ2) is 4.18. The van der Waals surface area contributed by atoms with Crippen molar-refractivity contribution in [3.05, 3.63) is 35.4 Å². The molecule has 0 amide bonds. The van der Waals surface area contributed by atoms with Crippen molar-refractivity contribution < 1.29 is 13.6 Å². The molecule has 1 aromatic carbocycles. The van der Waals surface area contributed by atoms with Crippen LogP contribution >= 0.6 is 0 Å². The van der Waals surface area contributed by atoms with Gasteiger partial charge in [-0.15, -0.1) is 0 Å². The number of ketones is 1. The zero-order valence-corrected chi connectivity index (χ0v) is 10.5. The van der Waals surface area contributed by atoms with Crippen molar-refractivity contribution in [3.8, 4) is 0 Å². The van der Waals surface area contributed by atoms with E-state index in [1.807, 2.05) is 0 Å². The van der Waals surface area contributed by atoms with Gasteiger partial charge in [-0.3, -0.25) is 4.79 Å². The number of halogens is 2. The Morgan fingerprint density at radius 2 is 1.47 bits per heavy atom. The maximum absolute atomic E-state index is 13.0. The van der Waals surface area contributed by atoms with Crippen LogP contribution in [0.15, 0.2) is 18.2 Å². The third kappa shape index (κ3) is 2.69. The number of rotatable bonds is 3. The van der Waals surface area contributed by atoms with Crippen LogP contribution in [0.3, 0.4) is 0 Å². The van der Waals surface area contributed by atoms with Gasteiger partial charge in [-0.1, -0.05) is 13.8 Å². The first-order chi connectivity index (χ1) is 7.55. The van der Waals surface area contributed by atoms with Crippen LogP contribution in [0.1, 0.15) is 38.1 Å². The lowest BCUT2D eigenvalue weighted by molar-refractivity contribution is 0.0734. The Hall–Kier alpha value is -1.29. The Bertz CT molecular complexity index is 427. The molecule has 17 heavy (non-hydrogen) atoms. The topological polar surface area (TPSA) is 43.1 Å². The number of hydrogen-bond acceptors (Lipinski definition) is 2. The Labute approximate surface area is 99.8 Å². The summed E-state index contributed by atoms with van der Waals surface area (Å²) in [5.41, 5.74) is 4.23. The van der Waals surface area contributed by atoms with Crippen LogP contribution in [0.4, 0.5) is 8.78 Å². The Kier molecular flexibility index (Phi) is 3.39. The van der Waals surface area contributed by atoms with Crippen LogP contribution in [-0.2, 0) is 0 Å². The van der Waals surface area contributed by atoms with Gasteiger partial charge in [0.25, 0.3) is 0 Å². The summed E-state index contributed by atoms with van der Waals surface area (Å²) in [4.78, 5) is 12.2. The molecule has 1 rings (SSSR count). The molecule has 0 aliphatic carbocycles. The lowest BCUT2D eigenvalue weighted by Gasteiger charge is -2.37. The van der Waals surface area contributed by atoms with Crippen LogP contribution in [0.5, 0.6) is 0 Å². The first kappa shape index (κ1) is 13.8. The molecule has 94 valence electrons. The van der Waals surface area contributed by atoms with Crippen molar-refractivity contribution in [1.29, 1.82) is 0 Å². The molecule has 2 nitrogen and oxygen atoms in total. The van der Waals surface area contributed by atoms with Crippen molar-refractivity contribution in [1.82, 2.24) is 0 Å². The normalized spacial score (nSPS) is 12.6. The van der Waals surface area contributed by atoms with E-state index in [4.69, 9.17) is 5.73 Å². The molecule has 0 saturated heterocycles. The molecule has 0 fully saturated rings. The summed E-state index contributed by atoms with van der Waals surface area (Å²) in [6.45, 7) is 6.75. The SMILES string of the molecule is CC(C)(N)C(C)(C)C(=O)c1cc(F)cc(F)c1. The molecule has 0 atom stereocenters. The molecular weight excluding hydrogens is 224 g/mol. The largest absolute Gasteiger partial charge is 0.325 e. The van der Waals surface area contributed by atoms with E-state index in [1.165, 1.54) is 0 Å². The molecule has 0 radical (unpaired) electrons. The van der Waals surface area contributed by atoms with E-state index >= 15 is 0 Å². The minimum absolute atomic E-state index is 0.00558. The van der Waals surface area contributed by atoms with E-state index in [0.29, 0.717) is 0 Å². The highest BCUT2D eigenvalue weighted by Gasteiger charge is 2.40. The maximum atomic E-state index is 13.0. The van der Waals surface area contributed by atoms with Gasteiger partial charge >= 0.3 is 0 Å². The zero-order valence-electron chi connectivity index (χ0n) is 10.5. The molecule has 0 aliphatic rings. The van der Waals surface area contributed by atoms with Crippen LogP contribution in [-0.4, -0.2) is 11.3 Å². The fourth-order valence-corrected chi connectivity index (χ4v) is 1.34. The fourth-order valence-electron chi connectivity index (χ4n) is 1.34. The minimum Gasteiger partial charge on any atom is -0.325 e. The van der Waals surface area contributed by atoms with Gasteiger partial charge in [-0.25, -0.2) is 8.78 Å². The molecule has 2 N–H and O–H groups in total. The van der Waals surface area contributed by atoms with Gasteiger partial charge in [0.1, 0.15) is 11.6 Å². The Morgan fingerprint density at radius 3 is 1.82 bits per heavy atom. The summed E-state index contributed by atoms with van der Waals surface area (Å²) in [5.74, 6) is -1.90. The van der Waals surface area contributed by atoms with Crippen molar-refractivity contribution in [3.63, 3.8) is 0 Å². The van der Waals surface area contributed by atoms with Gasteiger partial charge in [-0.2, -0.15) is 0 Å². The summed E-state index contributed by atoms with van der Waals surface area (Å²) in [6.07, 6.45) is 0. The van der Waals surface area contributed by atoms with Gasteiger partial charge in [0, 0.05) is 22.6 Å². The second-order valence-electron chi connectivity index (χ2n) is 5.33. The molecule has 0 saturated carbocycles. The maximum Gasteiger partial charge on any atom is 0.170 e. The summed E-state index contributed by atoms with van der Waals surface area (Å²) in [6, 6.07) is 2.79. The van der Waals surface area contributed by atoms with Crippen LogP contribution < -0.4 is 5.73 Å². The highest BCUT2D eigenvalue weighted by Crippen LogP contribution is 2.32. The van der Waals surface area contributed by atoms with Crippen LogP contribution in [0.25, 0.3) is 0 Å². The lowest BCUT2D eigenvalue weighted by atomic mass is 9.70. The number of Topliss-reactive ketones (excluding diaryl/α,β-unsaturated/α-hetero) is 1. The summed E-state index contributed by atoms with van der Waals surface area (Å²) in [5, 5.41) is 0. The molecule has 1 aromatic rings. The fraction of sp³-hybridized carbons (Fsp3) is 0.462. The number of benzene rings is 1. The van der Waals surface area contributed by atoms with Gasteiger partial charge in [-0.05, 0) is 26.0 Å². The van der Waals surface area contributed by atoms with E-state index in [-0.39, 0.29) is 11.3 Å². The summed E-state index contributed by atoms with van der Waals surface area (Å²) in [7, 11) is 0. The van der Waals surface area contributed by atoms with E-state index in [0.717, 1.165) is 18.2 Å². The number of carbonyl (C=O) groups excluding carboxylic acids is 1. The molecule has 0 aromatic heterocycles. The molecule has 0 aliphatic heterocycles. The predicted molar refractivity (Wildman–Crippen MR) is 62.7 cm³/mol. The molecular formula is C13H17F2NO. The van der Waals surface area contributed by atoms with E-state index in [2.05, 4.69) is 0 Å². The summed E-state index contributed by atoms with van der Waals surface area (Å²) < 4.78 is 26.1. The number of carbonyl (C=O) groups is 1. The molecule has 0 unspecified atom stereocenters. The molecule has 0 spiro atoms. The predicted octanol–water partition coefficient (Wildman–Crippen LogP) is 2.91. The molecule has 0 heterocycles. The van der Waals surface area contributed by atoms with Crippen LogP contribution in [0, 0.1) is 17.0 Å². The lowest BCUT2D eigenvalue weighted by Crippen LogP contribution is -2.51. The third-order valence-electron chi connectivity index (χ3n) is 3.30. The van der Waals surface area contributed by atoms with E-state index in [9.17, 15) is 13.6 Å². The average molecular weight is 241 g/mol. The second-order valence-corrected chi connectivity index (χ2v) is 5.33. The Balaban J connectivity index is 3.21. The van der Waals surface area contributed by atoms with Crippen molar-refractivity contribution in [2.24, 2.45) is 11.1 Å². The number of hydrogen-bond donors (Lipinski definition) is 1. The zero-order chi connectivity index (χ0) is 13.4. The first-order valence-electron chi connectivity index (χ1n) is 5.35. The minimum atomic E-state index is -0.909. The molecule has 4 heteroatoms.